The Morgan fingerprint density at radius 2 is 2.06 bits per heavy atom. The normalized spacial score (nSPS) is 27.9. The van der Waals surface area contributed by atoms with E-state index in [4.69, 9.17) is 0 Å². The SMILES string of the molecule is c1cn(C2CCN(CC3CCCC3)C2)nn1. The maximum atomic E-state index is 4.10. The van der Waals surface area contributed by atoms with Gasteiger partial charge in [-0.15, -0.1) is 5.10 Å². The van der Waals surface area contributed by atoms with Crippen LogP contribution in [0.1, 0.15) is 38.1 Å². The van der Waals surface area contributed by atoms with Crippen LogP contribution in [0, 0.1) is 5.92 Å². The first-order valence-electron chi connectivity index (χ1n) is 6.50. The van der Waals surface area contributed by atoms with Crippen molar-refractivity contribution in [3.63, 3.8) is 0 Å². The lowest BCUT2D eigenvalue weighted by Gasteiger charge is -2.19. The van der Waals surface area contributed by atoms with Crippen LogP contribution in [-0.4, -0.2) is 39.5 Å². The molecule has 1 unspecified atom stereocenters. The van der Waals surface area contributed by atoms with Gasteiger partial charge in [0.1, 0.15) is 0 Å². The number of hydrogen-bond acceptors (Lipinski definition) is 3. The number of rotatable bonds is 3. The van der Waals surface area contributed by atoms with Crippen LogP contribution in [0.15, 0.2) is 12.4 Å². The van der Waals surface area contributed by atoms with Crippen LogP contribution in [0.3, 0.4) is 0 Å². The van der Waals surface area contributed by atoms with E-state index in [0.717, 1.165) is 5.92 Å². The highest BCUT2D eigenvalue weighted by Gasteiger charge is 2.27. The van der Waals surface area contributed by atoms with E-state index in [1.165, 1.54) is 51.7 Å². The molecule has 2 aliphatic rings. The molecule has 16 heavy (non-hydrogen) atoms. The summed E-state index contributed by atoms with van der Waals surface area (Å²) < 4.78 is 2.02. The largest absolute Gasteiger partial charge is 0.301 e. The molecule has 0 bridgehead atoms. The highest BCUT2D eigenvalue weighted by atomic mass is 15.4. The first-order chi connectivity index (χ1) is 7.92. The molecule has 0 N–H and O–H groups in total. The van der Waals surface area contributed by atoms with Crippen molar-refractivity contribution in [1.82, 2.24) is 19.9 Å². The molecule has 0 radical (unpaired) electrons. The van der Waals surface area contributed by atoms with E-state index in [0.29, 0.717) is 6.04 Å². The summed E-state index contributed by atoms with van der Waals surface area (Å²) >= 11 is 0. The maximum absolute atomic E-state index is 4.10. The van der Waals surface area contributed by atoms with E-state index in [1.807, 2.05) is 10.9 Å². The third-order valence-electron chi connectivity index (χ3n) is 4.05. The number of nitrogens with zero attached hydrogens (tertiary/aromatic N) is 4. The van der Waals surface area contributed by atoms with Gasteiger partial charge in [-0.2, -0.15) is 0 Å². The van der Waals surface area contributed by atoms with Crippen molar-refractivity contribution in [1.29, 1.82) is 0 Å². The van der Waals surface area contributed by atoms with Gasteiger partial charge >= 0.3 is 0 Å². The molecule has 1 saturated carbocycles. The second-order valence-electron chi connectivity index (χ2n) is 5.24. The summed E-state index contributed by atoms with van der Waals surface area (Å²) in [6.45, 7) is 3.71. The van der Waals surface area contributed by atoms with E-state index in [1.54, 1.807) is 6.20 Å². The summed E-state index contributed by atoms with van der Waals surface area (Å²) in [6, 6.07) is 0.559. The van der Waals surface area contributed by atoms with E-state index in [2.05, 4.69) is 15.2 Å². The van der Waals surface area contributed by atoms with Gasteiger partial charge in [-0.3, -0.25) is 0 Å². The van der Waals surface area contributed by atoms with Gasteiger partial charge in [0.25, 0.3) is 0 Å². The molecule has 4 nitrogen and oxygen atoms in total. The Kier molecular flexibility index (Phi) is 2.91. The molecular formula is C12H20N4. The predicted molar refractivity (Wildman–Crippen MR) is 62.1 cm³/mol. The smallest absolute Gasteiger partial charge is 0.0693 e. The molecule has 0 amide bonds. The second kappa shape index (κ2) is 4.53. The van der Waals surface area contributed by atoms with E-state index in [9.17, 15) is 0 Å². The molecule has 1 aromatic rings. The van der Waals surface area contributed by atoms with Crippen LogP contribution < -0.4 is 0 Å². The van der Waals surface area contributed by atoms with Crippen LogP contribution in [-0.2, 0) is 0 Å². The summed E-state index contributed by atoms with van der Waals surface area (Å²) in [5.74, 6) is 0.967. The third-order valence-corrected chi connectivity index (χ3v) is 4.05. The summed E-state index contributed by atoms with van der Waals surface area (Å²) in [6.07, 6.45) is 10.8. The molecule has 0 spiro atoms. The van der Waals surface area contributed by atoms with Crippen molar-refractivity contribution in [2.24, 2.45) is 5.92 Å². The van der Waals surface area contributed by atoms with Crippen molar-refractivity contribution in [3.05, 3.63) is 12.4 Å². The maximum Gasteiger partial charge on any atom is 0.0693 e. The van der Waals surface area contributed by atoms with E-state index < -0.39 is 0 Å². The topological polar surface area (TPSA) is 34.0 Å². The zero-order chi connectivity index (χ0) is 10.8. The van der Waals surface area contributed by atoms with Crippen molar-refractivity contribution >= 4 is 0 Å². The standard InChI is InChI=1S/C12H20N4/c1-2-4-11(3-1)9-15-7-5-12(10-15)16-8-6-13-14-16/h6,8,11-12H,1-5,7,9-10H2. The molecule has 1 atom stereocenters. The van der Waals surface area contributed by atoms with Crippen LogP contribution in [0.5, 0.6) is 0 Å². The lowest BCUT2D eigenvalue weighted by atomic mass is 10.1. The van der Waals surface area contributed by atoms with Gasteiger partial charge in [-0.1, -0.05) is 18.1 Å². The Bertz CT molecular complexity index is 316. The lowest BCUT2D eigenvalue weighted by Crippen LogP contribution is -2.27. The number of likely N-dealkylation sites (tertiary alicyclic amines) is 1. The molecule has 1 aliphatic carbocycles. The molecule has 1 aliphatic heterocycles. The lowest BCUT2D eigenvalue weighted by molar-refractivity contribution is 0.267. The minimum atomic E-state index is 0.559. The fourth-order valence-corrected chi connectivity index (χ4v) is 3.16. The molecular weight excluding hydrogens is 200 g/mol. The Balaban J connectivity index is 1.52. The van der Waals surface area contributed by atoms with Gasteiger partial charge in [0.2, 0.25) is 0 Å². The van der Waals surface area contributed by atoms with Crippen LogP contribution in [0.4, 0.5) is 0 Å². The average molecular weight is 220 g/mol. The highest BCUT2D eigenvalue weighted by molar-refractivity contribution is 4.83. The van der Waals surface area contributed by atoms with Gasteiger partial charge in [0, 0.05) is 25.8 Å². The summed E-state index contributed by atoms with van der Waals surface area (Å²) in [7, 11) is 0. The molecule has 1 saturated heterocycles. The van der Waals surface area contributed by atoms with Gasteiger partial charge < -0.3 is 4.90 Å². The summed E-state index contributed by atoms with van der Waals surface area (Å²) in [4.78, 5) is 2.61. The van der Waals surface area contributed by atoms with E-state index >= 15 is 0 Å². The average Bonchev–Trinajstić information content (AvgIpc) is 2.99. The molecule has 4 heteroatoms. The first-order valence-corrected chi connectivity index (χ1v) is 6.50. The van der Waals surface area contributed by atoms with Crippen LogP contribution in [0.25, 0.3) is 0 Å². The van der Waals surface area contributed by atoms with Crippen molar-refractivity contribution in [2.45, 2.75) is 38.1 Å². The molecule has 2 heterocycles. The summed E-state index contributed by atoms with van der Waals surface area (Å²) in [5.41, 5.74) is 0. The van der Waals surface area contributed by atoms with Crippen molar-refractivity contribution in [2.75, 3.05) is 19.6 Å². The third kappa shape index (κ3) is 2.12. The predicted octanol–water partition coefficient (Wildman–Crippen LogP) is 1.72. The molecule has 0 aromatic carbocycles. The zero-order valence-electron chi connectivity index (χ0n) is 9.76. The Morgan fingerprint density at radius 1 is 1.19 bits per heavy atom. The molecule has 88 valence electrons. The van der Waals surface area contributed by atoms with Gasteiger partial charge in [0.15, 0.2) is 0 Å². The molecule has 2 fully saturated rings. The highest BCUT2D eigenvalue weighted by Crippen LogP contribution is 2.28. The minimum absolute atomic E-state index is 0.559. The fourth-order valence-electron chi connectivity index (χ4n) is 3.16. The zero-order valence-corrected chi connectivity index (χ0v) is 9.76. The number of aromatic nitrogens is 3. The van der Waals surface area contributed by atoms with Crippen LogP contribution >= 0.6 is 0 Å². The quantitative estimate of drug-likeness (QED) is 0.777. The Labute approximate surface area is 96.6 Å². The van der Waals surface area contributed by atoms with Crippen molar-refractivity contribution < 1.29 is 0 Å². The van der Waals surface area contributed by atoms with Crippen molar-refractivity contribution in [3.8, 4) is 0 Å². The monoisotopic (exact) mass is 220 g/mol. The van der Waals surface area contributed by atoms with E-state index in [-0.39, 0.29) is 0 Å². The van der Waals surface area contributed by atoms with Gasteiger partial charge in [0.05, 0.1) is 12.2 Å². The minimum Gasteiger partial charge on any atom is -0.301 e. The van der Waals surface area contributed by atoms with Gasteiger partial charge in [-0.05, 0) is 25.2 Å². The second-order valence-corrected chi connectivity index (χ2v) is 5.24. The Morgan fingerprint density at radius 3 is 2.81 bits per heavy atom. The molecule has 3 rings (SSSR count). The first kappa shape index (κ1) is 10.3. The van der Waals surface area contributed by atoms with Crippen LogP contribution in [0.2, 0.25) is 0 Å². The van der Waals surface area contributed by atoms with Gasteiger partial charge in [-0.25, -0.2) is 4.68 Å². The fraction of sp³-hybridized carbons (Fsp3) is 0.833. The summed E-state index contributed by atoms with van der Waals surface area (Å²) in [5, 5.41) is 7.99. The molecule has 1 aromatic heterocycles. The number of hydrogen-bond donors (Lipinski definition) is 0. The Hall–Kier alpha value is -0.900.